The molecule has 3 heterocycles. The third-order valence-electron chi connectivity index (χ3n) is 4.92. The minimum atomic E-state index is -0.624. The molecule has 0 unspecified atom stereocenters. The van der Waals surface area contributed by atoms with Crippen molar-refractivity contribution in [3.8, 4) is 22.6 Å². The number of nitrogens with two attached hydrogens (primary N) is 1. The second-order valence-electron chi connectivity index (χ2n) is 6.69. The molecule has 1 aliphatic rings. The first-order chi connectivity index (χ1) is 14.5. The van der Waals surface area contributed by atoms with E-state index in [0.717, 1.165) is 23.0 Å². The lowest BCUT2D eigenvalue weighted by atomic mass is 10.1. The Morgan fingerprint density at radius 3 is 2.30 bits per heavy atom. The first-order valence-electron chi connectivity index (χ1n) is 9.03. The molecule has 9 nitrogen and oxygen atoms in total. The Bertz CT molecular complexity index is 1370. The van der Waals surface area contributed by atoms with Gasteiger partial charge in [0.1, 0.15) is 5.82 Å². The summed E-state index contributed by atoms with van der Waals surface area (Å²) in [6.07, 6.45) is 1.67. The number of imide groups is 1. The molecular weight excluding hydrogens is 384 g/mol. The van der Waals surface area contributed by atoms with Gasteiger partial charge in [-0.15, -0.1) is 5.10 Å². The highest BCUT2D eigenvalue weighted by atomic mass is 16.2. The molecule has 2 aromatic heterocycles. The molecule has 0 saturated heterocycles. The minimum absolute atomic E-state index is 0.00585. The third kappa shape index (κ3) is 2.60. The van der Waals surface area contributed by atoms with Crippen LogP contribution in [0.25, 0.3) is 22.6 Å². The van der Waals surface area contributed by atoms with E-state index in [1.807, 2.05) is 30.3 Å². The highest BCUT2D eigenvalue weighted by Gasteiger charge is 2.31. The summed E-state index contributed by atoms with van der Waals surface area (Å²) >= 11 is 0. The SMILES string of the molecule is Nc1c2c(cc(=O)n1-c1ccc(-n3nncc3-c3ccccc3)cc1)C(=O)NC2=O. The Morgan fingerprint density at radius 1 is 0.867 bits per heavy atom. The van der Waals surface area contributed by atoms with Crippen molar-refractivity contribution in [3.63, 3.8) is 0 Å². The normalized spacial score (nSPS) is 12.7. The van der Waals surface area contributed by atoms with E-state index in [2.05, 4.69) is 15.6 Å². The number of benzene rings is 2. The molecule has 0 saturated carbocycles. The minimum Gasteiger partial charge on any atom is -0.384 e. The van der Waals surface area contributed by atoms with Gasteiger partial charge >= 0.3 is 0 Å². The van der Waals surface area contributed by atoms with Crippen LogP contribution in [0.1, 0.15) is 20.7 Å². The van der Waals surface area contributed by atoms with Crippen molar-refractivity contribution in [1.29, 1.82) is 0 Å². The van der Waals surface area contributed by atoms with E-state index in [1.54, 1.807) is 35.1 Å². The first kappa shape index (κ1) is 17.6. The van der Waals surface area contributed by atoms with Gasteiger partial charge in [0, 0.05) is 11.6 Å². The zero-order chi connectivity index (χ0) is 20.8. The van der Waals surface area contributed by atoms with Gasteiger partial charge in [-0.25, -0.2) is 4.68 Å². The molecular formula is C21H14N6O3. The molecule has 5 rings (SSSR count). The van der Waals surface area contributed by atoms with Crippen LogP contribution in [0.4, 0.5) is 5.82 Å². The van der Waals surface area contributed by atoms with Crippen molar-refractivity contribution in [2.24, 2.45) is 0 Å². The molecule has 3 N–H and O–H groups in total. The lowest BCUT2D eigenvalue weighted by molar-refractivity contribution is 0.0880. The molecule has 146 valence electrons. The average Bonchev–Trinajstić information content (AvgIpc) is 3.34. The van der Waals surface area contributed by atoms with Crippen LogP contribution in [0, 0.1) is 0 Å². The number of hydrogen-bond acceptors (Lipinski definition) is 6. The van der Waals surface area contributed by atoms with Gasteiger partial charge in [-0.05, 0) is 24.3 Å². The van der Waals surface area contributed by atoms with Gasteiger partial charge in [0.05, 0.1) is 34.4 Å². The van der Waals surface area contributed by atoms with Crippen LogP contribution < -0.4 is 16.6 Å². The first-order valence-corrected chi connectivity index (χ1v) is 9.03. The highest BCUT2D eigenvalue weighted by Crippen LogP contribution is 2.25. The van der Waals surface area contributed by atoms with Crippen LogP contribution in [0.3, 0.4) is 0 Å². The summed E-state index contributed by atoms with van der Waals surface area (Å²) in [4.78, 5) is 36.4. The average molecular weight is 398 g/mol. The number of carbonyl (C=O) groups is 2. The van der Waals surface area contributed by atoms with E-state index in [1.165, 1.54) is 4.57 Å². The summed E-state index contributed by atoms with van der Waals surface area (Å²) in [5.74, 6) is -1.33. The molecule has 0 aliphatic carbocycles. The molecule has 0 radical (unpaired) electrons. The Hall–Kier alpha value is -4.53. The highest BCUT2D eigenvalue weighted by molar-refractivity contribution is 6.23. The number of carbonyl (C=O) groups excluding carboxylic acids is 2. The predicted octanol–water partition coefficient (Wildman–Crippen LogP) is 1.55. The number of pyridine rings is 1. The second kappa shape index (κ2) is 6.52. The number of nitrogen functional groups attached to an aromatic ring is 1. The molecule has 0 spiro atoms. The quantitative estimate of drug-likeness (QED) is 0.505. The van der Waals surface area contributed by atoms with Crippen molar-refractivity contribution in [2.75, 3.05) is 5.73 Å². The van der Waals surface area contributed by atoms with Gasteiger partial charge in [0.2, 0.25) is 0 Å². The topological polar surface area (TPSA) is 125 Å². The maximum Gasteiger partial charge on any atom is 0.262 e. The monoisotopic (exact) mass is 398 g/mol. The Morgan fingerprint density at radius 2 is 1.57 bits per heavy atom. The fourth-order valence-electron chi connectivity index (χ4n) is 3.52. The van der Waals surface area contributed by atoms with Gasteiger partial charge in [-0.3, -0.25) is 24.3 Å². The van der Waals surface area contributed by atoms with E-state index < -0.39 is 17.4 Å². The molecule has 30 heavy (non-hydrogen) atoms. The van der Waals surface area contributed by atoms with Gasteiger partial charge in [-0.2, -0.15) is 0 Å². The van der Waals surface area contributed by atoms with E-state index in [4.69, 9.17) is 5.73 Å². The van der Waals surface area contributed by atoms with Crippen molar-refractivity contribution < 1.29 is 9.59 Å². The van der Waals surface area contributed by atoms with Crippen molar-refractivity contribution in [3.05, 3.63) is 88.3 Å². The fraction of sp³-hybridized carbons (Fsp3) is 0. The summed E-state index contributed by atoms with van der Waals surface area (Å²) < 4.78 is 2.88. The van der Waals surface area contributed by atoms with E-state index in [0.29, 0.717) is 5.69 Å². The maximum absolute atomic E-state index is 12.6. The molecule has 0 fully saturated rings. The number of nitrogens with zero attached hydrogens (tertiary/aromatic N) is 4. The van der Waals surface area contributed by atoms with Crippen molar-refractivity contribution in [2.45, 2.75) is 0 Å². The Balaban J connectivity index is 1.58. The summed E-state index contributed by atoms with van der Waals surface area (Å²) in [6, 6.07) is 17.7. The number of nitrogens with one attached hydrogen (secondary N) is 1. The third-order valence-corrected chi connectivity index (χ3v) is 4.92. The van der Waals surface area contributed by atoms with Gasteiger partial charge in [0.25, 0.3) is 17.4 Å². The number of fused-ring (bicyclic) bond motifs is 1. The molecule has 1 aliphatic heterocycles. The smallest absolute Gasteiger partial charge is 0.262 e. The van der Waals surface area contributed by atoms with Gasteiger partial charge < -0.3 is 5.73 Å². The zero-order valence-electron chi connectivity index (χ0n) is 15.4. The molecule has 2 amide bonds. The van der Waals surface area contributed by atoms with E-state index >= 15 is 0 Å². The van der Waals surface area contributed by atoms with Crippen molar-refractivity contribution >= 4 is 17.6 Å². The lowest BCUT2D eigenvalue weighted by Crippen LogP contribution is -2.24. The molecule has 2 aromatic carbocycles. The summed E-state index contributed by atoms with van der Waals surface area (Å²) in [5.41, 5.74) is 8.53. The maximum atomic E-state index is 12.6. The molecule has 0 atom stereocenters. The van der Waals surface area contributed by atoms with E-state index in [9.17, 15) is 14.4 Å². The van der Waals surface area contributed by atoms with Crippen LogP contribution in [0.2, 0.25) is 0 Å². The Kier molecular flexibility index (Phi) is 3.82. The van der Waals surface area contributed by atoms with Crippen LogP contribution in [0.5, 0.6) is 0 Å². The van der Waals surface area contributed by atoms with Gasteiger partial charge in [0.15, 0.2) is 0 Å². The van der Waals surface area contributed by atoms with Crippen LogP contribution >= 0.6 is 0 Å². The van der Waals surface area contributed by atoms with Crippen LogP contribution in [-0.2, 0) is 0 Å². The second-order valence-corrected chi connectivity index (χ2v) is 6.69. The predicted molar refractivity (Wildman–Crippen MR) is 109 cm³/mol. The Labute approximate surface area is 169 Å². The molecule has 4 aromatic rings. The van der Waals surface area contributed by atoms with Crippen LogP contribution in [0.15, 0.2) is 71.7 Å². The van der Waals surface area contributed by atoms with E-state index in [-0.39, 0.29) is 16.9 Å². The number of anilines is 1. The molecule has 0 bridgehead atoms. The molecule has 9 heteroatoms. The standard InChI is InChI=1S/C21H14N6O3/c22-19-18-15(20(29)24-21(18)30)10-17(28)26(19)13-6-8-14(9-7-13)27-16(11-23-25-27)12-4-2-1-3-5-12/h1-11H,22H2,(H,24,29,30). The fourth-order valence-corrected chi connectivity index (χ4v) is 3.52. The largest absolute Gasteiger partial charge is 0.384 e. The summed E-state index contributed by atoms with van der Waals surface area (Å²) in [6.45, 7) is 0. The lowest BCUT2D eigenvalue weighted by Gasteiger charge is -2.13. The number of amides is 2. The number of hydrogen-bond donors (Lipinski definition) is 2. The van der Waals surface area contributed by atoms with Crippen LogP contribution in [-0.4, -0.2) is 31.4 Å². The number of aromatic nitrogens is 4. The van der Waals surface area contributed by atoms with Gasteiger partial charge in [-0.1, -0.05) is 35.5 Å². The summed E-state index contributed by atoms with van der Waals surface area (Å²) in [5, 5.41) is 10.3. The summed E-state index contributed by atoms with van der Waals surface area (Å²) in [7, 11) is 0. The zero-order valence-corrected chi connectivity index (χ0v) is 15.4. The van der Waals surface area contributed by atoms with Crippen molar-refractivity contribution in [1.82, 2.24) is 24.9 Å². The number of rotatable bonds is 3.